The molecule has 0 bridgehead atoms. The Bertz CT molecular complexity index is 565. The normalized spacial score (nSPS) is 12.2. The van der Waals surface area contributed by atoms with Crippen LogP contribution in [0.25, 0.3) is 0 Å². The monoisotopic (exact) mass is 290 g/mol. The lowest BCUT2D eigenvalue weighted by atomic mass is 10.2. The second-order valence-corrected chi connectivity index (χ2v) is 6.29. The summed E-state index contributed by atoms with van der Waals surface area (Å²) < 4.78 is 5.78. The number of aryl methyl sites for hydroxylation is 2. The van der Waals surface area contributed by atoms with Crippen molar-refractivity contribution in [1.82, 2.24) is 4.98 Å². The SMILES string of the molecule is CCCOc1ccccc1NC(C)c1nc(C)sc1C. The first kappa shape index (κ1) is 14.9. The maximum Gasteiger partial charge on any atom is 0.142 e. The zero-order valence-corrected chi connectivity index (χ0v) is 13.4. The average Bonchev–Trinajstić information content (AvgIpc) is 2.77. The molecule has 1 aromatic carbocycles. The fraction of sp³-hybridized carbons (Fsp3) is 0.438. The molecule has 0 saturated carbocycles. The largest absolute Gasteiger partial charge is 0.491 e. The van der Waals surface area contributed by atoms with Crippen molar-refractivity contribution in [3.63, 3.8) is 0 Å². The van der Waals surface area contributed by atoms with Gasteiger partial charge in [-0.3, -0.25) is 0 Å². The first-order valence-electron chi connectivity index (χ1n) is 7.04. The number of rotatable bonds is 6. The van der Waals surface area contributed by atoms with Crippen LogP contribution in [0.15, 0.2) is 24.3 Å². The third-order valence-corrected chi connectivity index (χ3v) is 3.97. The van der Waals surface area contributed by atoms with Gasteiger partial charge in [-0.1, -0.05) is 19.1 Å². The van der Waals surface area contributed by atoms with Gasteiger partial charge in [0.1, 0.15) is 5.75 Å². The summed E-state index contributed by atoms with van der Waals surface area (Å²) >= 11 is 1.74. The number of nitrogens with zero attached hydrogens (tertiary/aromatic N) is 1. The summed E-state index contributed by atoms with van der Waals surface area (Å²) in [5.41, 5.74) is 2.15. The predicted octanol–water partition coefficient (Wildman–Crippen LogP) is 4.72. The summed E-state index contributed by atoms with van der Waals surface area (Å²) in [6, 6.07) is 8.25. The molecule has 2 aromatic rings. The predicted molar refractivity (Wildman–Crippen MR) is 85.9 cm³/mol. The van der Waals surface area contributed by atoms with Gasteiger partial charge in [-0.15, -0.1) is 11.3 Å². The summed E-state index contributed by atoms with van der Waals surface area (Å²) in [6.07, 6.45) is 1.01. The zero-order valence-electron chi connectivity index (χ0n) is 12.6. The van der Waals surface area contributed by atoms with Crippen LogP contribution < -0.4 is 10.1 Å². The van der Waals surface area contributed by atoms with E-state index in [-0.39, 0.29) is 6.04 Å². The van der Waals surface area contributed by atoms with Gasteiger partial charge in [-0.25, -0.2) is 4.98 Å². The Balaban J connectivity index is 2.15. The van der Waals surface area contributed by atoms with Crippen molar-refractivity contribution in [2.24, 2.45) is 0 Å². The van der Waals surface area contributed by atoms with Crippen LogP contribution >= 0.6 is 11.3 Å². The van der Waals surface area contributed by atoms with Crippen LogP contribution in [-0.2, 0) is 0 Å². The highest BCUT2D eigenvalue weighted by Crippen LogP contribution is 2.30. The van der Waals surface area contributed by atoms with Gasteiger partial charge in [0.15, 0.2) is 0 Å². The highest BCUT2D eigenvalue weighted by atomic mass is 32.1. The minimum Gasteiger partial charge on any atom is -0.491 e. The van der Waals surface area contributed by atoms with Gasteiger partial charge in [0.2, 0.25) is 0 Å². The lowest BCUT2D eigenvalue weighted by molar-refractivity contribution is 0.318. The molecule has 0 spiro atoms. The molecule has 1 atom stereocenters. The second kappa shape index (κ2) is 6.75. The fourth-order valence-corrected chi connectivity index (χ4v) is 3.09. The van der Waals surface area contributed by atoms with E-state index in [1.165, 1.54) is 4.88 Å². The van der Waals surface area contributed by atoms with E-state index in [4.69, 9.17) is 4.74 Å². The van der Waals surface area contributed by atoms with Crippen LogP contribution in [0, 0.1) is 13.8 Å². The molecule has 20 heavy (non-hydrogen) atoms. The van der Waals surface area contributed by atoms with Crippen LogP contribution in [0.2, 0.25) is 0 Å². The van der Waals surface area contributed by atoms with E-state index in [0.29, 0.717) is 0 Å². The van der Waals surface area contributed by atoms with Crippen molar-refractivity contribution >= 4 is 17.0 Å². The highest BCUT2D eigenvalue weighted by molar-refractivity contribution is 7.11. The smallest absolute Gasteiger partial charge is 0.142 e. The molecule has 0 fully saturated rings. The molecule has 1 heterocycles. The quantitative estimate of drug-likeness (QED) is 0.835. The number of nitrogens with one attached hydrogen (secondary N) is 1. The zero-order chi connectivity index (χ0) is 14.5. The van der Waals surface area contributed by atoms with E-state index in [1.807, 2.05) is 25.1 Å². The molecule has 0 aliphatic rings. The minimum atomic E-state index is 0.173. The van der Waals surface area contributed by atoms with Crippen molar-refractivity contribution in [1.29, 1.82) is 0 Å². The third kappa shape index (κ3) is 3.51. The number of anilines is 1. The van der Waals surface area contributed by atoms with Crippen molar-refractivity contribution in [2.45, 2.75) is 40.2 Å². The molecule has 1 unspecified atom stereocenters. The molecule has 1 aromatic heterocycles. The number of thiazole rings is 1. The van der Waals surface area contributed by atoms with Gasteiger partial charge < -0.3 is 10.1 Å². The molecule has 0 aliphatic carbocycles. The molecular formula is C16H22N2OS. The number of benzene rings is 1. The second-order valence-electron chi connectivity index (χ2n) is 4.88. The molecule has 108 valence electrons. The van der Waals surface area contributed by atoms with Crippen LogP contribution in [0.1, 0.15) is 41.9 Å². The van der Waals surface area contributed by atoms with E-state index < -0.39 is 0 Å². The standard InChI is InChI=1S/C16H22N2OS/c1-5-10-19-15-9-7-6-8-14(15)17-11(2)16-12(3)20-13(4)18-16/h6-9,11,17H,5,10H2,1-4H3. The molecule has 0 amide bonds. The third-order valence-electron chi connectivity index (χ3n) is 3.07. The van der Waals surface area contributed by atoms with Gasteiger partial charge in [-0.05, 0) is 39.3 Å². The van der Waals surface area contributed by atoms with Crippen LogP contribution in [0.3, 0.4) is 0 Å². The molecule has 3 nitrogen and oxygen atoms in total. The Hall–Kier alpha value is -1.55. The number of hydrogen-bond acceptors (Lipinski definition) is 4. The lowest BCUT2D eigenvalue weighted by Gasteiger charge is -2.17. The van der Waals surface area contributed by atoms with Crippen LogP contribution in [-0.4, -0.2) is 11.6 Å². The summed E-state index contributed by atoms with van der Waals surface area (Å²) in [7, 11) is 0. The Morgan fingerprint density at radius 3 is 2.70 bits per heavy atom. The summed E-state index contributed by atoms with van der Waals surface area (Å²) in [4.78, 5) is 5.89. The molecule has 0 saturated heterocycles. The molecule has 1 N–H and O–H groups in total. The summed E-state index contributed by atoms with van der Waals surface area (Å²) in [5.74, 6) is 0.908. The number of aromatic nitrogens is 1. The van der Waals surface area contributed by atoms with Gasteiger partial charge in [0.05, 0.1) is 29.0 Å². The molecule has 4 heteroatoms. The number of para-hydroxylation sites is 2. The topological polar surface area (TPSA) is 34.1 Å². The van der Waals surface area contributed by atoms with Gasteiger partial charge in [-0.2, -0.15) is 0 Å². The van der Waals surface area contributed by atoms with Gasteiger partial charge >= 0.3 is 0 Å². The van der Waals surface area contributed by atoms with Crippen molar-refractivity contribution in [3.8, 4) is 5.75 Å². The van der Waals surface area contributed by atoms with Crippen LogP contribution in [0.4, 0.5) is 5.69 Å². The first-order chi connectivity index (χ1) is 9.61. The van der Waals surface area contributed by atoms with Gasteiger partial charge in [0.25, 0.3) is 0 Å². The van der Waals surface area contributed by atoms with E-state index in [0.717, 1.165) is 35.2 Å². The lowest BCUT2D eigenvalue weighted by Crippen LogP contribution is -2.10. The Morgan fingerprint density at radius 2 is 2.05 bits per heavy atom. The van der Waals surface area contributed by atoms with E-state index in [2.05, 4.69) is 37.1 Å². The summed E-state index contributed by atoms with van der Waals surface area (Å²) in [5, 5.41) is 4.62. The van der Waals surface area contributed by atoms with Crippen molar-refractivity contribution in [3.05, 3.63) is 39.8 Å². The van der Waals surface area contributed by atoms with Crippen molar-refractivity contribution < 1.29 is 4.74 Å². The van der Waals surface area contributed by atoms with Crippen molar-refractivity contribution in [2.75, 3.05) is 11.9 Å². The minimum absolute atomic E-state index is 0.173. The highest BCUT2D eigenvalue weighted by Gasteiger charge is 2.14. The summed E-state index contributed by atoms with van der Waals surface area (Å²) in [6.45, 7) is 9.16. The first-order valence-corrected chi connectivity index (χ1v) is 7.85. The van der Waals surface area contributed by atoms with Gasteiger partial charge in [0, 0.05) is 4.88 Å². The average molecular weight is 290 g/mol. The molecular weight excluding hydrogens is 268 g/mol. The molecule has 0 aliphatic heterocycles. The Morgan fingerprint density at radius 1 is 1.30 bits per heavy atom. The van der Waals surface area contributed by atoms with E-state index in [1.54, 1.807) is 11.3 Å². The van der Waals surface area contributed by atoms with E-state index in [9.17, 15) is 0 Å². The maximum atomic E-state index is 5.78. The number of hydrogen-bond donors (Lipinski definition) is 1. The van der Waals surface area contributed by atoms with Crippen LogP contribution in [0.5, 0.6) is 5.75 Å². The Labute approximate surface area is 125 Å². The number of ether oxygens (including phenoxy) is 1. The molecule has 2 rings (SSSR count). The maximum absolute atomic E-state index is 5.78. The fourth-order valence-electron chi connectivity index (χ4n) is 2.17. The molecule has 0 radical (unpaired) electrons. The Kier molecular flexibility index (Phi) is 5.01. The van der Waals surface area contributed by atoms with E-state index >= 15 is 0 Å².